The van der Waals surface area contributed by atoms with E-state index >= 15 is 0 Å². The van der Waals surface area contributed by atoms with Gasteiger partial charge in [-0.25, -0.2) is 4.39 Å². The number of nitrogens with zero attached hydrogens (tertiary/aromatic N) is 1. The van der Waals surface area contributed by atoms with Crippen molar-refractivity contribution in [1.29, 1.82) is 0 Å². The third-order valence-electron chi connectivity index (χ3n) is 3.60. The largest absolute Gasteiger partial charge is 0.256 e. The highest BCUT2D eigenvalue weighted by atomic mass is 19.1. The van der Waals surface area contributed by atoms with Crippen LogP contribution >= 0.6 is 0 Å². The van der Waals surface area contributed by atoms with Gasteiger partial charge in [-0.3, -0.25) is 4.98 Å². The average molecular weight is 277 g/mol. The summed E-state index contributed by atoms with van der Waals surface area (Å²) in [5.41, 5.74) is 5.71. The topological polar surface area (TPSA) is 12.9 Å². The normalized spacial score (nSPS) is 10.6. The maximum absolute atomic E-state index is 13.6. The molecule has 3 aromatic rings. The number of hydrogen-bond donors (Lipinski definition) is 0. The minimum absolute atomic E-state index is 0.170. The molecule has 0 atom stereocenters. The van der Waals surface area contributed by atoms with E-state index in [0.29, 0.717) is 5.56 Å². The Morgan fingerprint density at radius 2 is 1.43 bits per heavy atom. The van der Waals surface area contributed by atoms with Crippen LogP contribution in [-0.2, 0) is 0 Å². The molecular weight excluding hydrogens is 261 g/mol. The predicted molar refractivity (Wildman–Crippen MR) is 84.5 cm³/mol. The van der Waals surface area contributed by atoms with Gasteiger partial charge < -0.3 is 0 Å². The molecule has 2 heteroatoms. The number of benzene rings is 2. The summed E-state index contributed by atoms with van der Waals surface area (Å²) in [6.45, 7) is 3.79. The summed E-state index contributed by atoms with van der Waals surface area (Å²) in [4.78, 5) is 4.42. The molecule has 0 N–H and O–H groups in total. The van der Waals surface area contributed by atoms with Crippen molar-refractivity contribution in [2.75, 3.05) is 0 Å². The number of aromatic nitrogens is 1. The zero-order valence-corrected chi connectivity index (χ0v) is 12.1. The first-order valence-corrected chi connectivity index (χ1v) is 6.93. The molecule has 0 fully saturated rings. The lowest BCUT2D eigenvalue weighted by atomic mass is 10.0. The van der Waals surface area contributed by atoms with Crippen molar-refractivity contribution >= 4 is 0 Å². The highest BCUT2D eigenvalue weighted by Gasteiger charge is 2.03. The molecule has 0 unspecified atom stereocenters. The molecule has 0 aliphatic heterocycles. The molecule has 21 heavy (non-hydrogen) atoms. The summed E-state index contributed by atoms with van der Waals surface area (Å²) in [6.07, 6.45) is 1.86. The van der Waals surface area contributed by atoms with E-state index in [9.17, 15) is 4.39 Å². The third-order valence-corrected chi connectivity index (χ3v) is 3.60. The fraction of sp³-hybridized carbons (Fsp3) is 0.105. The predicted octanol–water partition coefficient (Wildman–Crippen LogP) is 5.17. The Labute approximate surface area is 124 Å². The van der Waals surface area contributed by atoms with Crippen molar-refractivity contribution in [3.63, 3.8) is 0 Å². The number of halogens is 1. The molecule has 0 saturated heterocycles. The van der Waals surface area contributed by atoms with Gasteiger partial charge in [-0.15, -0.1) is 0 Å². The second kappa shape index (κ2) is 5.49. The SMILES string of the molecule is Cc1ccc(-c2ccc(-c3ccc(C)c(F)c3)cc2)nc1. The van der Waals surface area contributed by atoms with Gasteiger partial charge in [0.25, 0.3) is 0 Å². The Bertz CT molecular complexity index is 759. The fourth-order valence-corrected chi connectivity index (χ4v) is 2.24. The van der Waals surface area contributed by atoms with Crippen molar-refractivity contribution in [3.05, 3.63) is 77.7 Å². The zero-order valence-electron chi connectivity index (χ0n) is 12.1. The number of aryl methyl sites for hydroxylation is 2. The van der Waals surface area contributed by atoms with Gasteiger partial charge in [0.15, 0.2) is 0 Å². The summed E-state index contributed by atoms with van der Waals surface area (Å²) in [7, 11) is 0. The van der Waals surface area contributed by atoms with Crippen LogP contribution in [0.2, 0.25) is 0 Å². The monoisotopic (exact) mass is 277 g/mol. The molecule has 1 nitrogen and oxygen atoms in total. The Kier molecular flexibility index (Phi) is 3.53. The van der Waals surface area contributed by atoms with Crippen LogP contribution in [0.4, 0.5) is 4.39 Å². The lowest BCUT2D eigenvalue weighted by molar-refractivity contribution is 0.619. The van der Waals surface area contributed by atoms with E-state index < -0.39 is 0 Å². The van der Waals surface area contributed by atoms with Crippen LogP contribution in [0.5, 0.6) is 0 Å². The zero-order chi connectivity index (χ0) is 14.8. The van der Waals surface area contributed by atoms with E-state index in [-0.39, 0.29) is 5.82 Å². The van der Waals surface area contributed by atoms with Crippen LogP contribution in [-0.4, -0.2) is 4.98 Å². The van der Waals surface area contributed by atoms with E-state index in [1.54, 1.807) is 19.1 Å². The van der Waals surface area contributed by atoms with Crippen molar-refractivity contribution in [2.24, 2.45) is 0 Å². The van der Waals surface area contributed by atoms with Crippen molar-refractivity contribution in [3.8, 4) is 22.4 Å². The summed E-state index contributed by atoms with van der Waals surface area (Å²) < 4.78 is 13.6. The molecule has 1 aromatic heterocycles. The average Bonchev–Trinajstić information content (AvgIpc) is 2.51. The van der Waals surface area contributed by atoms with Crippen LogP contribution in [0.25, 0.3) is 22.4 Å². The summed E-state index contributed by atoms with van der Waals surface area (Å²) in [5, 5.41) is 0. The summed E-state index contributed by atoms with van der Waals surface area (Å²) in [6, 6.07) is 17.4. The van der Waals surface area contributed by atoms with Crippen LogP contribution in [0.1, 0.15) is 11.1 Å². The molecule has 104 valence electrons. The van der Waals surface area contributed by atoms with E-state index in [1.807, 2.05) is 55.6 Å². The van der Waals surface area contributed by atoms with E-state index in [1.165, 1.54) is 0 Å². The Morgan fingerprint density at radius 3 is 2.05 bits per heavy atom. The molecule has 0 bridgehead atoms. The molecular formula is C19H16FN. The van der Waals surface area contributed by atoms with Gasteiger partial charge in [0.1, 0.15) is 5.82 Å². The minimum atomic E-state index is -0.170. The van der Waals surface area contributed by atoms with Gasteiger partial charge in [0, 0.05) is 11.8 Å². The molecule has 0 spiro atoms. The van der Waals surface area contributed by atoms with E-state index in [2.05, 4.69) is 4.98 Å². The second-order valence-electron chi connectivity index (χ2n) is 5.26. The molecule has 0 aliphatic carbocycles. The summed E-state index contributed by atoms with van der Waals surface area (Å²) in [5.74, 6) is -0.170. The van der Waals surface area contributed by atoms with Crippen molar-refractivity contribution in [1.82, 2.24) is 4.98 Å². The Hall–Kier alpha value is -2.48. The first-order chi connectivity index (χ1) is 10.1. The minimum Gasteiger partial charge on any atom is -0.256 e. The van der Waals surface area contributed by atoms with Gasteiger partial charge in [0.05, 0.1) is 5.69 Å². The maximum Gasteiger partial charge on any atom is 0.126 e. The number of pyridine rings is 1. The van der Waals surface area contributed by atoms with Gasteiger partial charge >= 0.3 is 0 Å². The fourth-order valence-electron chi connectivity index (χ4n) is 2.24. The molecule has 0 saturated carbocycles. The summed E-state index contributed by atoms with van der Waals surface area (Å²) >= 11 is 0. The van der Waals surface area contributed by atoms with E-state index in [0.717, 1.165) is 27.9 Å². The molecule has 2 aromatic carbocycles. The van der Waals surface area contributed by atoms with E-state index in [4.69, 9.17) is 0 Å². The van der Waals surface area contributed by atoms with Crippen molar-refractivity contribution in [2.45, 2.75) is 13.8 Å². The number of hydrogen-bond acceptors (Lipinski definition) is 1. The highest BCUT2D eigenvalue weighted by Crippen LogP contribution is 2.25. The standard InChI is InChI=1S/C19H16FN/c1-13-3-10-19(21-12-13)16-8-6-15(7-9-16)17-5-4-14(2)18(20)11-17/h3-12H,1-2H3. The van der Waals surface area contributed by atoms with Crippen LogP contribution in [0, 0.1) is 19.7 Å². The van der Waals surface area contributed by atoms with Gasteiger partial charge in [0.2, 0.25) is 0 Å². The molecule has 3 rings (SSSR count). The Balaban J connectivity index is 1.93. The lowest BCUT2D eigenvalue weighted by Crippen LogP contribution is -1.86. The maximum atomic E-state index is 13.6. The second-order valence-corrected chi connectivity index (χ2v) is 5.26. The Morgan fingerprint density at radius 1 is 0.762 bits per heavy atom. The van der Waals surface area contributed by atoms with Crippen LogP contribution in [0.3, 0.4) is 0 Å². The number of rotatable bonds is 2. The quantitative estimate of drug-likeness (QED) is 0.629. The first kappa shape index (κ1) is 13.5. The molecule has 0 amide bonds. The molecule has 0 aliphatic rings. The third kappa shape index (κ3) is 2.84. The molecule has 0 radical (unpaired) electrons. The smallest absolute Gasteiger partial charge is 0.126 e. The van der Waals surface area contributed by atoms with Gasteiger partial charge in [-0.2, -0.15) is 0 Å². The molecule has 1 heterocycles. The van der Waals surface area contributed by atoms with Gasteiger partial charge in [-0.05, 0) is 48.2 Å². The van der Waals surface area contributed by atoms with Gasteiger partial charge in [-0.1, -0.05) is 42.5 Å². The van der Waals surface area contributed by atoms with Crippen LogP contribution in [0.15, 0.2) is 60.8 Å². The first-order valence-electron chi connectivity index (χ1n) is 6.93. The lowest BCUT2D eigenvalue weighted by Gasteiger charge is -2.06. The highest BCUT2D eigenvalue weighted by molar-refractivity contribution is 5.69. The van der Waals surface area contributed by atoms with Crippen LogP contribution < -0.4 is 0 Å². The van der Waals surface area contributed by atoms with Crippen molar-refractivity contribution < 1.29 is 4.39 Å².